The number of aliphatic hydroxyl groups is 1. The van der Waals surface area contributed by atoms with Gasteiger partial charge in [-0.25, -0.2) is 0 Å². The lowest BCUT2D eigenvalue weighted by molar-refractivity contribution is 0.260. The molecule has 0 bridgehead atoms. The number of nitrogens with one attached hydrogen (secondary N) is 1. The summed E-state index contributed by atoms with van der Waals surface area (Å²) in [6.45, 7) is 6.74. The maximum Gasteiger partial charge on any atom is 0.0434 e. The fourth-order valence-corrected chi connectivity index (χ4v) is 2.59. The molecule has 3 heteroatoms. The lowest BCUT2D eigenvalue weighted by Gasteiger charge is -2.18. The number of rotatable bonds is 7. The van der Waals surface area contributed by atoms with Crippen LogP contribution in [0.15, 0.2) is 24.3 Å². The summed E-state index contributed by atoms with van der Waals surface area (Å²) >= 11 is 0. The summed E-state index contributed by atoms with van der Waals surface area (Å²) in [6.07, 6.45) is 3.53. The molecule has 1 aliphatic heterocycles. The molecule has 3 nitrogen and oxygen atoms in total. The molecule has 1 aliphatic rings. The van der Waals surface area contributed by atoms with Crippen molar-refractivity contribution in [2.24, 2.45) is 5.92 Å². The zero-order valence-electron chi connectivity index (χ0n) is 11.9. The Hall–Kier alpha value is -1.06. The van der Waals surface area contributed by atoms with Crippen LogP contribution in [0.5, 0.6) is 0 Å². The average molecular weight is 262 g/mol. The maximum atomic E-state index is 8.85. The molecule has 1 aromatic carbocycles. The van der Waals surface area contributed by atoms with E-state index in [2.05, 4.69) is 41.4 Å². The van der Waals surface area contributed by atoms with Crippen LogP contribution in [0, 0.1) is 5.92 Å². The highest BCUT2D eigenvalue weighted by molar-refractivity contribution is 5.48. The van der Waals surface area contributed by atoms with Gasteiger partial charge in [0.2, 0.25) is 0 Å². The molecule has 1 unspecified atom stereocenters. The van der Waals surface area contributed by atoms with E-state index >= 15 is 0 Å². The van der Waals surface area contributed by atoms with Crippen LogP contribution >= 0.6 is 0 Å². The largest absolute Gasteiger partial charge is 0.396 e. The SMILES string of the molecule is CC(CCO)CNCc1ccc(N2CCCC2)cc1. The first-order chi connectivity index (χ1) is 9.29. The second-order valence-electron chi connectivity index (χ2n) is 5.61. The lowest BCUT2D eigenvalue weighted by atomic mass is 10.1. The Morgan fingerprint density at radius 1 is 1.21 bits per heavy atom. The zero-order chi connectivity index (χ0) is 13.5. The first kappa shape index (κ1) is 14.4. The Morgan fingerprint density at radius 3 is 2.53 bits per heavy atom. The molecule has 1 fully saturated rings. The van der Waals surface area contributed by atoms with Gasteiger partial charge in [-0.3, -0.25) is 0 Å². The smallest absolute Gasteiger partial charge is 0.0434 e. The molecule has 106 valence electrons. The van der Waals surface area contributed by atoms with Gasteiger partial charge in [-0.05, 0) is 49.4 Å². The van der Waals surface area contributed by atoms with E-state index in [1.807, 2.05) is 0 Å². The van der Waals surface area contributed by atoms with Gasteiger partial charge in [-0.2, -0.15) is 0 Å². The molecule has 1 heterocycles. The molecular weight excluding hydrogens is 236 g/mol. The third kappa shape index (κ3) is 4.51. The average Bonchev–Trinajstić information content (AvgIpc) is 2.94. The van der Waals surface area contributed by atoms with Crippen molar-refractivity contribution in [2.75, 3.05) is 31.1 Å². The van der Waals surface area contributed by atoms with Crippen molar-refractivity contribution in [3.63, 3.8) is 0 Å². The summed E-state index contributed by atoms with van der Waals surface area (Å²) in [4.78, 5) is 2.46. The fraction of sp³-hybridized carbons (Fsp3) is 0.625. The second-order valence-corrected chi connectivity index (χ2v) is 5.61. The van der Waals surface area contributed by atoms with E-state index in [4.69, 9.17) is 5.11 Å². The highest BCUT2D eigenvalue weighted by Gasteiger charge is 2.11. The molecule has 0 aliphatic carbocycles. The molecule has 0 saturated carbocycles. The van der Waals surface area contributed by atoms with Gasteiger partial charge in [0.05, 0.1) is 0 Å². The number of anilines is 1. The van der Waals surface area contributed by atoms with Crippen LogP contribution in [0.3, 0.4) is 0 Å². The van der Waals surface area contributed by atoms with Gasteiger partial charge in [0.1, 0.15) is 0 Å². The van der Waals surface area contributed by atoms with Crippen molar-refractivity contribution < 1.29 is 5.11 Å². The van der Waals surface area contributed by atoms with E-state index in [1.54, 1.807) is 0 Å². The first-order valence-corrected chi connectivity index (χ1v) is 7.45. The van der Waals surface area contributed by atoms with Crippen molar-refractivity contribution in [3.8, 4) is 0 Å². The predicted molar refractivity (Wildman–Crippen MR) is 80.5 cm³/mol. The highest BCUT2D eigenvalue weighted by atomic mass is 16.3. The molecule has 0 spiro atoms. The van der Waals surface area contributed by atoms with Gasteiger partial charge in [0.15, 0.2) is 0 Å². The van der Waals surface area contributed by atoms with Gasteiger partial charge < -0.3 is 15.3 Å². The quantitative estimate of drug-likeness (QED) is 0.792. The maximum absolute atomic E-state index is 8.85. The fourth-order valence-electron chi connectivity index (χ4n) is 2.59. The van der Waals surface area contributed by atoms with Gasteiger partial charge in [-0.15, -0.1) is 0 Å². The van der Waals surface area contributed by atoms with E-state index in [0.29, 0.717) is 5.92 Å². The van der Waals surface area contributed by atoms with Crippen LogP contribution in [0.4, 0.5) is 5.69 Å². The molecule has 0 aromatic heterocycles. The Morgan fingerprint density at radius 2 is 1.89 bits per heavy atom. The lowest BCUT2D eigenvalue weighted by Crippen LogP contribution is -2.21. The molecule has 2 N–H and O–H groups in total. The van der Waals surface area contributed by atoms with Crippen LogP contribution in [0.25, 0.3) is 0 Å². The first-order valence-electron chi connectivity index (χ1n) is 7.45. The summed E-state index contributed by atoms with van der Waals surface area (Å²) in [5.74, 6) is 0.536. The zero-order valence-corrected chi connectivity index (χ0v) is 11.9. The standard InChI is InChI=1S/C16H26N2O/c1-14(8-11-19)12-17-13-15-4-6-16(7-5-15)18-9-2-3-10-18/h4-7,14,17,19H,2-3,8-13H2,1H3. The van der Waals surface area contributed by atoms with Gasteiger partial charge in [-0.1, -0.05) is 19.1 Å². The molecule has 1 aromatic rings. The van der Waals surface area contributed by atoms with Gasteiger partial charge in [0, 0.05) is 31.9 Å². The molecule has 1 atom stereocenters. The van der Waals surface area contributed by atoms with Crippen molar-refractivity contribution >= 4 is 5.69 Å². The highest BCUT2D eigenvalue weighted by Crippen LogP contribution is 2.20. The molecule has 0 amide bonds. The van der Waals surface area contributed by atoms with E-state index in [9.17, 15) is 0 Å². The number of hydrogen-bond donors (Lipinski definition) is 2. The van der Waals surface area contributed by atoms with Crippen LogP contribution in [-0.4, -0.2) is 31.3 Å². The Labute approximate surface area is 116 Å². The predicted octanol–water partition coefficient (Wildman–Crippen LogP) is 2.39. The minimum Gasteiger partial charge on any atom is -0.396 e. The third-order valence-electron chi connectivity index (χ3n) is 3.85. The van der Waals surface area contributed by atoms with E-state index in [0.717, 1.165) is 19.5 Å². The Kier molecular flexibility index (Phi) is 5.67. The molecular formula is C16H26N2O. The topological polar surface area (TPSA) is 35.5 Å². The minimum absolute atomic E-state index is 0.285. The second kappa shape index (κ2) is 7.51. The summed E-state index contributed by atoms with van der Waals surface area (Å²) in [5, 5.41) is 12.3. The number of hydrogen-bond acceptors (Lipinski definition) is 3. The summed E-state index contributed by atoms with van der Waals surface area (Å²) in [6, 6.07) is 8.91. The Balaban J connectivity index is 1.75. The van der Waals surface area contributed by atoms with Crippen LogP contribution in [0.2, 0.25) is 0 Å². The summed E-state index contributed by atoms with van der Waals surface area (Å²) < 4.78 is 0. The van der Waals surface area contributed by atoms with Gasteiger partial charge in [0.25, 0.3) is 0 Å². The van der Waals surface area contributed by atoms with Crippen molar-refractivity contribution in [1.29, 1.82) is 0 Å². The normalized spacial score (nSPS) is 16.8. The molecule has 1 saturated heterocycles. The monoisotopic (exact) mass is 262 g/mol. The third-order valence-corrected chi connectivity index (χ3v) is 3.85. The van der Waals surface area contributed by atoms with E-state index in [-0.39, 0.29) is 6.61 Å². The van der Waals surface area contributed by atoms with Crippen molar-refractivity contribution in [3.05, 3.63) is 29.8 Å². The van der Waals surface area contributed by atoms with E-state index in [1.165, 1.54) is 37.2 Å². The molecule has 0 radical (unpaired) electrons. The van der Waals surface area contributed by atoms with Crippen LogP contribution < -0.4 is 10.2 Å². The number of nitrogens with zero attached hydrogens (tertiary/aromatic N) is 1. The van der Waals surface area contributed by atoms with Crippen molar-refractivity contribution in [1.82, 2.24) is 5.32 Å². The molecule has 19 heavy (non-hydrogen) atoms. The minimum atomic E-state index is 0.285. The number of aliphatic hydroxyl groups excluding tert-OH is 1. The van der Waals surface area contributed by atoms with Crippen molar-refractivity contribution in [2.45, 2.75) is 32.7 Å². The summed E-state index contributed by atoms with van der Waals surface area (Å²) in [7, 11) is 0. The Bertz CT molecular complexity index is 358. The van der Waals surface area contributed by atoms with E-state index < -0.39 is 0 Å². The van der Waals surface area contributed by atoms with Crippen LogP contribution in [-0.2, 0) is 6.54 Å². The van der Waals surface area contributed by atoms with Gasteiger partial charge >= 0.3 is 0 Å². The summed E-state index contributed by atoms with van der Waals surface area (Å²) in [5.41, 5.74) is 2.69. The number of benzene rings is 1. The molecule has 2 rings (SSSR count). The van der Waals surface area contributed by atoms with Crippen LogP contribution in [0.1, 0.15) is 31.7 Å².